The Morgan fingerprint density at radius 1 is 1.14 bits per heavy atom. The van der Waals surface area contributed by atoms with E-state index >= 15 is 0 Å². The van der Waals surface area contributed by atoms with Gasteiger partial charge in [0.05, 0.1) is 5.56 Å². The topological polar surface area (TPSA) is 88.1 Å². The number of rotatable bonds is 3. The molecule has 28 heavy (non-hydrogen) atoms. The minimum Gasteiger partial charge on any atom is -0.352 e. The van der Waals surface area contributed by atoms with Crippen LogP contribution in [0.3, 0.4) is 0 Å². The van der Waals surface area contributed by atoms with Crippen molar-refractivity contribution < 1.29 is 14.0 Å². The largest absolute Gasteiger partial charge is 0.352 e. The molecule has 1 aliphatic rings. The summed E-state index contributed by atoms with van der Waals surface area (Å²) in [6, 6.07) is 8.38. The molecule has 8 heteroatoms. The van der Waals surface area contributed by atoms with Crippen molar-refractivity contribution in [2.45, 2.75) is 6.04 Å². The van der Waals surface area contributed by atoms with Crippen molar-refractivity contribution in [3.8, 4) is 11.4 Å². The third kappa shape index (κ3) is 3.44. The van der Waals surface area contributed by atoms with E-state index in [0.717, 1.165) is 5.56 Å². The van der Waals surface area contributed by atoms with Crippen molar-refractivity contribution in [1.29, 1.82) is 0 Å². The van der Waals surface area contributed by atoms with Crippen molar-refractivity contribution in [1.82, 2.24) is 25.2 Å². The summed E-state index contributed by atoms with van der Waals surface area (Å²) in [7, 11) is 0. The van der Waals surface area contributed by atoms with Gasteiger partial charge in [-0.25, -0.2) is 14.4 Å². The van der Waals surface area contributed by atoms with Crippen LogP contribution in [0.25, 0.3) is 11.4 Å². The molecule has 1 aromatic carbocycles. The Balaban J connectivity index is 1.63. The van der Waals surface area contributed by atoms with Gasteiger partial charge >= 0.3 is 0 Å². The molecule has 1 atom stereocenters. The lowest BCUT2D eigenvalue weighted by atomic mass is 10.0. The fourth-order valence-corrected chi connectivity index (χ4v) is 3.14. The van der Waals surface area contributed by atoms with E-state index in [1.807, 2.05) is 6.07 Å². The summed E-state index contributed by atoms with van der Waals surface area (Å²) >= 11 is 0. The third-order valence-electron chi connectivity index (χ3n) is 4.46. The zero-order valence-electron chi connectivity index (χ0n) is 14.7. The van der Waals surface area contributed by atoms with Gasteiger partial charge in [0.2, 0.25) is 5.91 Å². The van der Waals surface area contributed by atoms with Gasteiger partial charge in [-0.3, -0.25) is 14.6 Å². The molecule has 0 radical (unpaired) electrons. The summed E-state index contributed by atoms with van der Waals surface area (Å²) in [6.45, 7) is 0.626. The molecule has 0 bridgehead atoms. The number of halogens is 1. The molecule has 0 spiro atoms. The summed E-state index contributed by atoms with van der Waals surface area (Å²) in [5.74, 6) is -0.755. The third-order valence-corrected chi connectivity index (χ3v) is 4.46. The van der Waals surface area contributed by atoms with Crippen molar-refractivity contribution in [3.63, 3.8) is 0 Å². The molecule has 140 valence electrons. The Morgan fingerprint density at radius 3 is 2.68 bits per heavy atom. The first-order valence-corrected chi connectivity index (χ1v) is 8.70. The molecule has 1 fully saturated rings. The van der Waals surface area contributed by atoms with E-state index in [9.17, 15) is 14.0 Å². The number of hydrogen-bond donors (Lipinski definition) is 1. The Morgan fingerprint density at radius 2 is 1.96 bits per heavy atom. The van der Waals surface area contributed by atoms with Gasteiger partial charge in [0.1, 0.15) is 11.9 Å². The maximum atomic E-state index is 13.6. The van der Waals surface area contributed by atoms with Crippen LogP contribution in [0.4, 0.5) is 4.39 Å². The number of amides is 2. The average molecular weight is 377 g/mol. The van der Waals surface area contributed by atoms with Gasteiger partial charge in [0, 0.05) is 43.4 Å². The fourth-order valence-electron chi connectivity index (χ4n) is 3.14. The molecule has 0 aliphatic carbocycles. The lowest BCUT2D eigenvalue weighted by Crippen LogP contribution is -2.52. The predicted octanol–water partition coefficient (Wildman–Crippen LogP) is 1.99. The van der Waals surface area contributed by atoms with Crippen molar-refractivity contribution in [3.05, 3.63) is 78.1 Å². The maximum Gasteiger partial charge on any atom is 0.258 e. The minimum atomic E-state index is -0.907. The van der Waals surface area contributed by atoms with Crippen molar-refractivity contribution >= 4 is 11.8 Å². The highest BCUT2D eigenvalue weighted by atomic mass is 19.1. The summed E-state index contributed by atoms with van der Waals surface area (Å²) in [6.07, 6.45) is 6.13. The second-order valence-corrected chi connectivity index (χ2v) is 6.28. The number of hydrogen-bond acceptors (Lipinski definition) is 5. The number of benzene rings is 1. The van der Waals surface area contributed by atoms with Crippen LogP contribution in [-0.4, -0.2) is 44.8 Å². The molecule has 1 saturated heterocycles. The van der Waals surface area contributed by atoms with E-state index in [-0.39, 0.29) is 17.4 Å². The van der Waals surface area contributed by atoms with Crippen molar-refractivity contribution in [2.75, 3.05) is 13.1 Å². The van der Waals surface area contributed by atoms with Crippen molar-refractivity contribution in [2.24, 2.45) is 0 Å². The molecule has 1 N–H and O–H groups in total. The Bertz CT molecular complexity index is 1010. The van der Waals surface area contributed by atoms with E-state index in [0.29, 0.717) is 24.5 Å². The van der Waals surface area contributed by atoms with Crippen LogP contribution in [-0.2, 0) is 4.79 Å². The van der Waals surface area contributed by atoms with Crippen LogP contribution in [0.15, 0.2) is 61.2 Å². The first-order valence-electron chi connectivity index (χ1n) is 8.70. The number of carbonyl (C=O) groups is 2. The molecule has 0 saturated carbocycles. The molecular weight excluding hydrogens is 361 g/mol. The highest BCUT2D eigenvalue weighted by Crippen LogP contribution is 2.26. The summed E-state index contributed by atoms with van der Waals surface area (Å²) < 4.78 is 13.6. The number of aromatic nitrogens is 3. The second-order valence-electron chi connectivity index (χ2n) is 6.28. The monoisotopic (exact) mass is 377 g/mol. The molecule has 1 aliphatic heterocycles. The Kier molecular flexibility index (Phi) is 4.76. The summed E-state index contributed by atoms with van der Waals surface area (Å²) in [4.78, 5) is 39.4. The first-order chi connectivity index (χ1) is 13.6. The molecule has 2 aromatic heterocycles. The number of nitrogens with zero attached hydrogens (tertiary/aromatic N) is 4. The van der Waals surface area contributed by atoms with Gasteiger partial charge in [-0.1, -0.05) is 12.1 Å². The molecular formula is C20H16FN5O2. The van der Waals surface area contributed by atoms with E-state index < -0.39 is 11.9 Å². The molecule has 7 nitrogen and oxygen atoms in total. The molecule has 3 heterocycles. The zero-order chi connectivity index (χ0) is 19.5. The lowest BCUT2D eigenvalue weighted by Gasteiger charge is -2.35. The lowest BCUT2D eigenvalue weighted by molar-refractivity contribution is -0.128. The van der Waals surface area contributed by atoms with Crippen LogP contribution in [0.1, 0.15) is 22.0 Å². The number of piperazine rings is 1. The summed E-state index contributed by atoms with van der Waals surface area (Å²) in [5.41, 5.74) is 1.40. The van der Waals surface area contributed by atoms with Crippen LogP contribution in [0, 0.1) is 5.82 Å². The first kappa shape index (κ1) is 17.7. The number of carbonyl (C=O) groups excluding carboxylic acids is 2. The Labute approximate surface area is 160 Å². The smallest absolute Gasteiger partial charge is 0.258 e. The van der Waals surface area contributed by atoms with E-state index in [1.54, 1.807) is 24.5 Å². The second kappa shape index (κ2) is 7.51. The number of nitrogens with one attached hydrogen (secondary N) is 1. The standard InChI is InChI=1S/C20H16FN5O2/c21-16-5-1-3-13(9-16)17-19(27)23-7-8-26(17)20(28)15-11-24-18(25-12-15)14-4-2-6-22-10-14/h1-6,9-12,17H,7-8H2,(H,23,27). The molecule has 1 unspecified atom stereocenters. The fraction of sp³-hybridized carbons (Fsp3) is 0.150. The van der Waals surface area contributed by atoms with Crippen LogP contribution < -0.4 is 5.32 Å². The maximum absolute atomic E-state index is 13.6. The van der Waals surface area contributed by atoms with Gasteiger partial charge in [-0.15, -0.1) is 0 Å². The molecule has 3 aromatic rings. The van der Waals surface area contributed by atoms with Gasteiger partial charge in [-0.2, -0.15) is 0 Å². The molecule has 2 amide bonds. The van der Waals surface area contributed by atoms with Gasteiger partial charge in [0.15, 0.2) is 5.82 Å². The van der Waals surface area contributed by atoms with Gasteiger partial charge in [0.25, 0.3) is 5.91 Å². The van der Waals surface area contributed by atoms with Crippen LogP contribution >= 0.6 is 0 Å². The van der Waals surface area contributed by atoms with E-state index in [2.05, 4.69) is 20.3 Å². The predicted molar refractivity (Wildman–Crippen MR) is 98.5 cm³/mol. The van der Waals surface area contributed by atoms with E-state index in [1.165, 1.54) is 35.5 Å². The Hall–Kier alpha value is -3.68. The minimum absolute atomic E-state index is 0.253. The summed E-state index contributed by atoms with van der Waals surface area (Å²) in [5, 5.41) is 2.72. The normalized spacial score (nSPS) is 16.5. The van der Waals surface area contributed by atoms with Gasteiger partial charge in [-0.05, 0) is 29.8 Å². The van der Waals surface area contributed by atoms with Gasteiger partial charge < -0.3 is 10.2 Å². The molecule has 4 rings (SSSR count). The van der Waals surface area contributed by atoms with Crippen LogP contribution in [0.5, 0.6) is 0 Å². The quantitative estimate of drug-likeness (QED) is 0.754. The SMILES string of the molecule is O=C1NCCN(C(=O)c2cnc(-c3cccnc3)nc2)C1c1cccc(F)c1. The average Bonchev–Trinajstić information content (AvgIpc) is 2.74. The zero-order valence-corrected chi connectivity index (χ0v) is 14.7. The number of pyridine rings is 1. The highest BCUT2D eigenvalue weighted by molar-refractivity contribution is 5.98. The highest BCUT2D eigenvalue weighted by Gasteiger charge is 2.35. The van der Waals surface area contributed by atoms with E-state index in [4.69, 9.17) is 0 Å². The van der Waals surface area contributed by atoms with Crippen LogP contribution in [0.2, 0.25) is 0 Å².